The molecule has 14 heteroatoms. The van der Waals surface area contributed by atoms with E-state index in [0.717, 1.165) is 6.42 Å². The van der Waals surface area contributed by atoms with Crippen LogP contribution in [0, 0.1) is 5.92 Å². The zero-order chi connectivity index (χ0) is 33.6. The monoisotopic (exact) mass is 668 g/mol. The summed E-state index contributed by atoms with van der Waals surface area (Å²) in [5.74, 6) is -2.09. The molecule has 0 aromatic heterocycles. The van der Waals surface area contributed by atoms with Crippen LogP contribution in [0.15, 0.2) is 12.2 Å². The van der Waals surface area contributed by atoms with Crippen LogP contribution in [0.2, 0.25) is 18.1 Å². The number of sulfonamides is 1. The molecule has 4 rings (SSSR count). The second-order valence-electron chi connectivity index (χ2n) is 15.6. The van der Waals surface area contributed by atoms with Gasteiger partial charge in [0.25, 0.3) is 5.91 Å². The van der Waals surface area contributed by atoms with Crippen LogP contribution in [-0.4, -0.2) is 86.6 Å². The molecule has 254 valence electrons. The molecule has 3 fully saturated rings. The van der Waals surface area contributed by atoms with Gasteiger partial charge < -0.3 is 24.7 Å². The van der Waals surface area contributed by atoms with Crippen molar-refractivity contribution in [1.29, 1.82) is 0 Å². The fourth-order valence-corrected chi connectivity index (χ4v) is 8.44. The van der Waals surface area contributed by atoms with Gasteiger partial charge in [0.2, 0.25) is 21.8 Å². The predicted molar refractivity (Wildman–Crippen MR) is 172 cm³/mol. The Morgan fingerprint density at radius 2 is 1.73 bits per heavy atom. The van der Waals surface area contributed by atoms with Crippen LogP contribution in [-0.2, 0) is 33.6 Å². The van der Waals surface area contributed by atoms with Gasteiger partial charge in [-0.25, -0.2) is 13.2 Å². The highest BCUT2D eigenvalue weighted by Crippen LogP contribution is 2.46. The van der Waals surface area contributed by atoms with Gasteiger partial charge in [0.15, 0.2) is 8.32 Å². The number of alkyl carbamates (subject to hydrolysis) is 1. The molecule has 2 aliphatic carbocycles. The lowest BCUT2D eigenvalue weighted by Gasteiger charge is -2.38. The van der Waals surface area contributed by atoms with Crippen molar-refractivity contribution < 1.29 is 36.8 Å². The van der Waals surface area contributed by atoms with Gasteiger partial charge in [-0.3, -0.25) is 19.1 Å². The fraction of sp³-hybridized carbons (Fsp3) is 0.806. The summed E-state index contributed by atoms with van der Waals surface area (Å²) in [5, 5.41) is 4.92. The van der Waals surface area contributed by atoms with Crippen LogP contribution in [0.4, 0.5) is 4.79 Å². The molecule has 45 heavy (non-hydrogen) atoms. The Balaban J connectivity index is 1.64. The molecule has 0 aromatic carbocycles. The highest BCUT2D eigenvalue weighted by atomic mass is 32.2. The summed E-state index contributed by atoms with van der Waals surface area (Å²) >= 11 is 0. The first-order chi connectivity index (χ1) is 20.7. The Hall–Kier alpha value is -2.45. The summed E-state index contributed by atoms with van der Waals surface area (Å²) in [6, 6.07) is -1.91. The van der Waals surface area contributed by atoms with Gasteiger partial charge in [0.1, 0.15) is 23.2 Å². The second kappa shape index (κ2) is 12.6. The summed E-state index contributed by atoms with van der Waals surface area (Å²) in [7, 11) is -6.13. The largest absolute Gasteiger partial charge is 0.444 e. The van der Waals surface area contributed by atoms with Crippen molar-refractivity contribution in [3.63, 3.8) is 0 Å². The van der Waals surface area contributed by atoms with E-state index in [4.69, 9.17) is 9.16 Å². The molecule has 12 nitrogen and oxygen atoms in total. The van der Waals surface area contributed by atoms with E-state index in [-0.39, 0.29) is 30.3 Å². The number of nitrogens with zero attached hydrogens (tertiary/aromatic N) is 1. The van der Waals surface area contributed by atoms with Gasteiger partial charge in [0.05, 0.1) is 11.4 Å². The number of carbonyl (C=O) groups excluding carboxylic acids is 4. The second-order valence-corrected chi connectivity index (χ2v) is 22.3. The van der Waals surface area contributed by atoms with Gasteiger partial charge in [-0.05, 0) is 77.4 Å². The number of rotatable bonds is 6. The molecule has 0 radical (unpaired) electrons. The van der Waals surface area contributed by atoms with E-state index in [0.29, 0.717) is 32.1 Å². The Labute approximate surface area is 269 Å². The van der Waals surface area contributed by atoms with Crippen molar-refractivity contribution in [2.24, 2.45) is 5.92 Å². The standard InChI is InChI=1S/C31H52N4O8SSi/c1-29(2,3)42-28(39)32-23-14-12-10-9-11-13-20-18-31(20,27(38)34-44(40,41)22-15-16-22)33-25(36)24-17-21(19-35(24)26(23)37)43-45(7,8)30(4,5)6/h11,13,20-24H,9-10,12,14-19H2,1-8H3,(H,32,39)(H,33,36)(H,34,38)/t20-,21-,23+,24+,31-/m1/s1. The van der Waals surface area contributed by atoms with Gasteiger partial charge >= 0.3 is 6.09 Å². The first-order valence-corrected chi connectivity index (χ1v) is 20.6. The minimum absolute atomic E-state index is 0.110. The molecule has 2 saturated carbocycles. The van der Waals surface area contributed by atoms with Crippen molar-refractivity contribution in [2.45, 2.75) is 146 Å². The van der Waals surface area contributed by atoms with Crippen molar-refractivity contribution in [2.75, 3.05) is 6.54 Å². The van der Waals surface area contributed by atoms with E-state index in [1.54, 1.807) is 20.8 Å². The fourth-order valence-electron chi connectivity index (χ4n) is 5.71. The molecular formula is C31H52N4O8SSi. The van der Waals surface area contributed by atoms with Gasteiger partial charge in [-0.2, -0.15) is 0 Å². The first kappa shape index (κ1) is 35.4. The van der Waals surface area contributed by atoms with Crippen LogP contribution < -0.4 is 15.4 Å². The quantitative estimate of drug-likeness (QED) is 0.287. The van der Waals surface area contributed by atoms with Gasteiger partial charge in [-0.15, -0.1) is 0 Å². The van der Waals surface area contributed by atoms with Gasteiger partial charge in [0, 0.05) is 18.9 Å². The molecule has 5 atom stereocenters. The molecule has 4 aliphatic rings. The third-order valence-corrected chi connectivity index (χ3v) is 15.9. The Morgan fingerprint density at radius 3 is 2.33 bits per heavy atom. The van der Waals surface area contributed by atoms with E-state index in [1.807, 2.05) is 12.2 Å². The minimum atomic E-state index is -3.83. The highest BCUT2D eigenvalue weighted by molar-refractivity contribution is 7.91. The van der Waals surface area contributed by atoms with Crippen LogP contribution in [0.5, 0.6) is 0 Å². The normalized spacial score (nSPS) is 30.0. The number of ether oxygens (including phenoxy) is 1. The molecule has 1 saturated heterocycles. The molecule has 0 unspecified atom stereocenters. The third kappa shape index (κ3) is 8.48. The number of hydrogen-bond donors (Lipinski definition) is 3. The molecule has 2 heterocycles. The van der Waals surface area contributed by atoms with Crippen LogP contribution in [0.3, 0.4) is 0 Å². The third-order valence-electron chi connectivity index (χ3n) is 9.55. The van der Waals surface area contributed by atoms with Crippen LogP contribution in [0.1, 0.15) is 92.9 Å². The lowest BCUT2D eigenvalue weighted by molar-refractivity contribution is -0.141. The smallest absolute Gasteiger partial charge is 0.408 e. The number of nitrogens with one attached hydrogen (secondary N) is 3. The first-order valence-electron chi connectivity index (χ1n) is 16.2. The number of carbonyl (C=O) groups is 4. The SMILES string of the molecule is CC(C)(C)OC(=O)N[C@H]1CCCCC=C[C@@H]2C[C@@]2(C(=O)NS(=O)(=O)C2CC2)NC(=O)[C@@H]2C[C@@H](O[Si](C)(C)C(C)(C)C)CN2C1=O. The molecule has 4 amide bonds. The molecule has 3 N–H and O–H groups in total. The van der Waals surface area contributed by atoms with E-state index in [1.165, 1.54) is 4.90 Å². The summed E-state index contributed by atoms with van der Waals surface area (Å²) in [5.41, 5.74) is -2.19. The number of fused-ring (bicyclic) bond motifs is 2. The molecule has 0 bridgehead atoms. The minimum Gasteiger partial charge on any atom is -0.444 e. The van der Waals surface area contributed by atoms with Crippen molar-refractivity contribution in [1.82, 2.24) is 20.3 Å². The molecular weight excluding hydrogens is 617 g/mol. The van der Waals surface area contributed by atoms with Crippen LogP contribution in [0.25, 0.3) is 0 Å². The van der Waals surface area contributed by atoms with E-state index >= 15 is 0 Å². The van der Waals surface area contributed by atoms with Crippen molar-refractivity contribution in [3.8, 4) is 0 Å². The summed E-state index contributed by atoms with van der Waals surface area (Å²) in [6.07, 6.45) is 6.48. The van der Waals surface area contributed by atoms with E-state index in [2.05, 4.69) is 49.2 Å². The number of hydrogen-bond acceptors (Lipinski definition) is 8. The van der Waals surface area contributed by atoms with E-state index in [9.17, 15) is 27.6 Å². The zero-order valence-corrected chi connectivity index (χ0v) is 29.8. The number of allylic oxidation sites excluding steroid dienone is 1. The predicted octanol–water partition coefficient (Wildman–Crippen LogP) is 3.48. The average molecular weight is 669 g/mol. The zero-order valence-electron chi connectivity index (χ0n) is 28.0. The van der Waals surface area contributed by atoms with Gasteiger partial charge in [-0.1, -0.05) is 39.3 Å². The van der Waals surface area contributed by atoms with Crippen molar-refractivity contribution >= 4 is 42.2 Å². The molecule has 2 aliphatic heterocycles. The Bertz CT molecular complexity index is 1320. The Kier molecular flexibility index (Phi) is 9.93. The van der Waals surface area contributed by atoms with Crippen LogP contribution >= 0.6 is 0 Å². The number of amides is 4. The highest BCUT2D eigenvalue weighted by Gasteiger charge is 2.62. The maximum Gasteiger partial charge on any atom is 0.408 e. The summed E-state index contributed by atoms with van der Waals surface area (Å²) in [4.78, 5) is 56.0. The molecule has 0 aromatic rings. The van der Waals surface area contributed by atoms with Crippen molar-refractivity contribution in [3.05, 3.63) is 12.2 Å². The Morgan fingerprint density at radius 1 is 1.07 bits per heavy atom. The lowest BCUT2D eigenvalue weighted by Crippen LogP contribution is -2.58. The maximum absolute atomic E-state index is 14.2. The maximum atomic E-state index is 14.2. The molecule has 0 spiro atoms. The summed E-state index contributed by atoms with van der Waals surface area (Å²) in [6.45, 7) is 15.9. The van der Waals surface area contributed by atoms with E-state index < -0.39 is 76.7 Å². The lowest BCUT2D eigenvalue weighted by atomic mass is 10.0. The topological polar surface area (TPSA) is 160 Å². The summed E-state index contributed by atoms with van der Waals surface area (Å²) < 4.78 is 39.7. The average Bonchev–Trinajstić information content (AvgIpc) is 3.80.